The van der Waals surface area contributed by atoms with Gasteiger partial charge in [0.15, 0.2) is 0 Å². The number of unbranched alkanes of at least 4 members (excludes halogenated alkanes) is 2. The second-order valence-electron chi connectivity index (χ2n) is 5.95. The number of ether oxygens (including phenoxy) is 1. The largest absolute Gasteiger partial charge is 0.438 e. The summed E-state index contributed by atoms with van der Waals surface area (Å²) in [7, 11) is -3.38. The molecule has 0 atom stereocenters. The molecule has 7 nitrogen and oxygen atoms in total. The molecule has 0 radical (unpaired) electrons. The molecular weight excluding hydrogens is 366 g/mol. The fraction of sp³-hybridized carbons (Fsp3) is 0.368. The van der Waals surface area contributed by atoms with Crippen LogP contribution in [0.15, 0.2) is 42.6 Å². The van der Waals surface area contributed by atoms with E-state index in [0.29, 0.717) is 23.5 Å². The van der Waals surface area contributed by atoms with Crippen molar-refractivity contribution in [2.45, 2.75) is 33.1 Å². The average molecular weight is 391 g/mol. The summed E-state index contributed by atoms with van der Waals surface area (Å²) in [5.41, 5.74) is 0.712. The van der Waals surface area contributed by atoms with Crippen molar-refractivity contribution >= 4 is 21.6 Å². The van der Waals surface area contributed by atoms with Gasteiger partial charge in [-0.15, -0.1) is 0 Å². The summed E-state index contributed by atoms with van der Waals surface area (Å²) >= 11 is 0. The zero-order valence-corrected chi connectivity index (χ0v) is 16.4. The number of carbonyl (C=O) groups is 1. The van der Waals surface area contributed by atoms with Crippen molar-refractivity contribution in [3.63, 3.8) is 0 Å². The number of pyridine rings is 1. The number of rotatable bonds is 10. The zero-order chi connectivity index (χ0) is 19.7. The summed E-state index contributed by atoms with van der Waals surface area (Å²) in [6.45, 7) is 4.25. The highest BCUT2D eigenvalue weighted by atomic mass is 32.2. The molecule has 8 heteroatoms. The van der Waals surface area contributed by atoms with E-state index in [1.807, 2.05) is 0 Å². The molecule has 0 saturated carbocycles. The fourth-order valence-corrected chi connectivity index (χ4v) is 2.93. The topological polar surface area (TPSA) is 97.4 Å². The number of nitrogens with zero attached hydrogens (tertiary/aromatic N) is 1. The Labute approximate surface area is 160 Å². The number of nitrogens with one attached hydrogen (secondary N) is 2. The first-order valence-corrected chi connectivity index (χ1v) is 10.6. The zero-order valence-electron chi connectivity index (χ0n) is 15.6. The van der Waals surface area contributed by atoms with Crippen molar-refractivity contribution in [2.24, 2.45) is 0 Å². The third-order valence-electron chi connectivity index (χ3n) is 3.78. The fourth-order valence-electron chi connectivity index (χ4n) is 2.30. The SMILES string of the molecule is CCCCCNC(=O)c1cccnc1Oc1cccc(NS(=O)(=O)CC)c1. The summed E-state index contributed by atoms with van der Waals surface area (Å²) in [5.74, 6) is 0.267. The second-order valence-corrected chi connectivity index (χ2v) is 7.97. The lowest BCUT2D eigenvalue weighted by Crippen LogP contribution is -2.25. The van der Waals surface area contributed by atoms with E-state index in [1.165, 1.54) is 6.20 Å². The first-order chi connectivity index (χ1) is 12.9. The molecule has 1 aromatic carbocycles. The van der Waals surface area contributed by atoms with Gasteiger partial charge in [-0.25, -0.2) is 13.4 Å². The van der Waals surface area contributed by atoms with E-state index in [9.17, 15) is 13.2 Å². The predicted molar refractivity (Wildman–Crippen MR) is 106 cm³/mol. The van der Waals surface area contributed by atoms with Crippen LogP contribution in [0, 0.1) is 0 Å². The minimum Gasteiger partial charge on any atom is -0.438 e. The van der Waals surface area contributed by atoms with E-state index in [1.54, 1.807) is 43.3 Å². The smallest absolute Gasteiger partial charge is 0.256 e. The van der Waals surface area contributed by atoms with Crippen LogP contribution in [0.3, 0.4) is 0 Å². The molecule has 1 heterocycles. The maximum Gasteiger partial charge on any atom is 0.256 e. The van der Waals surface area contributed by atoms with Gasteiger partial charge in [0.1, 0.15) is 11.3 Å². The van der Waals surface area contributed by atoms with Crippen LogP contribution in [0.1, 0.15) is 43.5 Å². The Morgan fingerprint density at radius 2 is 1.96 bits per heavy atom. The normalized spacial score (nSPS) is 11.0. The van der Waals surface area contributed by atoms with Crippen LogP contribution in [0.25, 0.3) is 0 Å². The maximum absolute atomic E-state index is 12.4. The molecule has 2 rings (SSSR count). The lowest BCUT2D eigenvalue weighted by atomic mass is 10.2. The molecule has 1 aromatic heterocycles. The quantitative estimate of drug-likeness (QED) is 0.604. The van der Waals surface area contributed by atoms with E-state index >= 15 is 0 Å². The first-order valence-electron chi connectivity index (χ1n) is 8.96. The van der Waals surface area contributed by atoms with Crippen LogP contribution in [0.5, 0.6) is 11.6 Å². The molecule has 146 valence electrons. The number of hydrogen-bond donors (Lipinski definition) is 2. The first kappa shape index (κ1) is 20.7. The van der Waals surface area contributed by atoms with E-state index in [0.717, 1.165) is 19.3 Å². The van der Waals surface area contributed by atoms with Crippen LogP contribution < -0.4 is 14.8 Å². The van der Waals surface area contributed by atoms with Crippen molar-refractivity contribution in [2.75, 3.05) is 17.0 Å². The summed E-state index contributed by atoms with van der Waals surface area (Å²) in [6.07, 6.45) is 4.58. The summed E-state index contributed by atoms with van der Waals surface area (Å²) < 4.78 is 31.6. The molecule has 0 fully saturated rings. The lowest BCUT2D eigenvalue weighted by molar-refractivity contribution is 0.0950. The molecule has 0 aliphatic rings. The van der Waals surface area contributed by atoms with Gasteiger partial charge >= 0.3 is 0 Å². The monoisotopic (exact) mass is 391 g/mol. The molecule has 0 unspecified atom stereocenters. The number of carbonyl (C=O) groups excluding carboxylic acids is 1. The standard InChI is InChI=1S/C19H25N3O4S/c1-3-5-6-12-20-18(23)17-11-8-13-21-19(17)26-16-10-7-9-15(14-16)22-27(24,25)4-2/h7-11,13-14,22H,3-6,12H2,1-2H3,(H,20,23). The molecule has 27 heavy (non-hydrogen) atoms. The van der Waals surface area contributed by atoms with Gasteiger partial charge in [0.25, 0.3) is 5.91 Å². The average Bonchev–Trinajstić information content (AvgIpc) is 2.65. The number of hydrogen-bond acceptors (Lipinski definition) is 5. The Kier molecular flexibility index (Phi) is 7.60. The second kappa shape index (κ2) is 9.91. The summed E-state index contributed by atoms with van der Waals surface area (Å²) in [6, 6.07) is 9.81. The van der Waals surface area contributed by atoms with Crippen LogP contribution in [-0.2, 0) is 10.0 Å². The molecule has 0 spiro atoms. The van der Waals surface area contributed by atoms with E-state index in [4.69, 9.17) is 4.74 Å². The van der Waals surface area contributed by atoms with Crippen molar-refractivity contribution in [3.8, 4) is 11.6 Å². The van der Waals surface area contributed by atoms with Gasteiger partial charge in [-0.1, -0.05) is 25.8 Å². The third kappa shape index (κ3) is 6.56. The van der Waals surface area contributed by atoms with E-state index in [2.05, 4.69) is 21.9 Å². The molecule has 2 N–H and O–H groups in total. The van der Waals surface area contributed by atoms with E-state index < -0.39 is 10.0 Å². The minimum atomic E-state index is -3.38. The number of amides is 1. The highest BCUT2D eigenvalue weighted by Gasteiger charge is 2.14. The third-order valence-corrected chi connectivity index (χ3v) is 5.09. The van der Waals surface area contributed by atoms with Crippen molar-refractivity contribution in [1.29, 1.82) is 0 Å². The van der Waals surface area contributed by atoms with E-state index in [-0.39, 0.29) is 17.5 Å². The van der Waals surface area contributed by atoms with Gasteiger partial charge in [-0.2, -0.15) is 0 Å². The number of sulfonamides is 1. The minimum absolute atomic E-state index is 0.0271. The van der Waals surface area contributed by atoms with Crippen LogP contribution in [0.2, 0.25) is 0 Å². The van der Waals surface area contributed by atoms with Gasteiger partial charge in [-0.05, 0) is 37.6 Å². The maximum atomic E-state index is 12.4. The van der Waals surface area contributed by atoms with Crippen LogP contribution in [-0.4, -0.2) is 31.6 Å². The van der Waals surface area contributed by atoms with Crippen molar-refractivity contribution < 1.29 is 17.9 Å². The molecule has 0 bridgehead atoms. The highest BCUT2D eigenvalue weighted by molar-refractivity contribution is 7.92. The molecule has 0 aliphatic heterocycles. The summed E-state index contributed by atoms with van der Waals surface area (Å²) in [5, 5.41) is 2.86. The molecule has 0 aliphatic carbocycles. The van der Waals surface area contributed by atoms with Gasteiger partial charge in [0, 0.05) is 18.8 Å². The van der Waals surface area contributed by atoms with Gasteiger partial charge in [0.05, 0.1) is 11.4 Å². The number of aromatic nitrogens is 1. The Balaban J connectivity index is 2.13. The summed E-state index contributed by atoms with van der Waals surface area (Å²) in [4.78, 5) is 16.5. The Morgan fingerprint density at radius 1 is 1.15 bits per heavy atom. The van der Waals surface area contributed by atoms with Crippen LogP contribution in [0.4, 0.5) is 5.69 Å². The predicted octanol–water partition coefficient (Wildman–Crippen LogP) is 3.56. The van der Waals surface area contributed by atoms with Crippen LogP contribution >= 0.6 is 0 Å². The van der Waals surface area contributed by atoms with Gasteiger partial charge in [0.2, 0.25) is 15.9 Å². The molecule has 2 aromatic rings. The number of anilines is 1. The van der Waals surface area contributed by atoms with Crippen molar-refractivity contribution in [1.82, 2.24) is 10.3 Å². The Morgan fingerprint density at radius 3 is 2.70 bits per heavy atom. The molecule has 0 saturated heterocycles. The highest BCUT2D eigenvalue weighted by Crippen LogP contribution is 2.25. The Hall–Kier alpha value is -2.61. The number of benzene rings is 1. The Bertz CT molecular complexity index is 869. The van der Waals surface area contributed by atoms with Gasteiger partial charge in [-0.3, -0.25) is 9.52 Å². The lowest BCUT2D eigenvalue weighted by Gasteiger charge is -2.12. The van der Waals surface area contributed by atoms with Gasteiger partial charge < -0.3 is 10.1 Å². The molecule has 1 amide bonds. The van der Waals surface area contributed by atoms with Crippen molar-refractivity contribution in [3.05, 3.63) is 48.2 Å². The molecular formula is C19H25N3O4S.